The van der Waals surface area contributed by atoms with Gasteiger partial charge in [0.1, 0.15) is 5.56 Å². The lowest BCUT2D eigenvalue weighted by molar-refractivity contribution is -0.139. The van der Waals surface area contributed by atoms with Gasteiger partial charge in [0.15, 0.2) is 0 Å². The summed E-state index contributed by atoms with van der Waals surface area (Å²) in [5.41, 5.74) is 0.000487. The number of hydrogen-bond donors (Lipinski definition) is 0. The van der Waals surface area contributed by atoms with Gasteiger partial charge < -0.3 is 9.64 Å². The Morgan fingerprint density at radius 3 is 2.72 bits per heavy atom. The molecule has 0 aliphatic heterocycles. The van der Waals surface area contributed by atoms with E-state index in [2.05, 4.69) is 9.97 Å². The van der Waals surface area contributed by atoms with Crippen molar-refractivity contribution < 1.29 is 17.9 Å². The van der Waals surface area contributed by atoms with Gasteiger partial charge in [-0.05, 0) is 24.6 Å². The average molecular weight is 350 g/mol. The number of benzene rings is 1. The van der Waals surface area contributed by atoms with Crippen molar-refractivity contribution in [2.24, 2.45) is 0 Å². The topological polar surface area (TPSA) is 62.0 Å². The molecule has 1 heterocycles. The molecule has 0 aliphatic rings. The SMILES string of the molecule is CCCCOc1nc(N(C)c2cccc(C#N)c2)ncc1C(F)(F)F. The third-order valence-corrected chi connectivity index (χ3v) is 3.45. The molecule has 0 saturated carbocycles. The number of alkyl halides is 3. The predicted molar refractivity (Wildman–Crippen MR) is 86.7 cm³/mol. The molecule has 1 aromatic carbocycles. The Kier molecular flexibility index (Phi) is 5.80. The zero-order valence-corrected chi connectivity index (χ0v) is 13.8. The number of nitrogens with zero attached hydrogens (tertiary/aromatic N) is 4. The first-order valence-electron chi connectivity index (χ1n) is 7.67. The maximum Gasteiger partial charge on any atom is 0.423 e. The van der Waals surface area contributed by atoms with Crippen molar-refractivity contribution in [3.05, 3.63) is 41.6 Å². The van der Waals surface area contributed by atoms with Crippen LogP contribution in [0.15, 0.2) is 30.5 Å². The molecule has 2 aromatic rings. The zero-order valence-electron chi connectivity index (χ0n) is 13.8. The predicted octanol–water partition coefficient (Wildman–Crippen LogP) is 4.31. The highest BCUT2D eigenvalue weighted by molar-refractivity contribution is 5.59. The number of halogens is 3. The molecule has 8 heteroatoms. The fourth-order valence-electron chi connectivity index (χ4n) is 2.04. The monoisotopic (exact) mass is 350 g/mol. The Bertz CT molecular complexity index is 771. The van der Waals surface area contributed by atoms with E-state index < -0.39 is 17.6 Å². The molecular weight excluding hydrogens is 333 g/mol. The number of nitriles is 1. The molecule has 132 valence electrons. The quantitative estimate of drug-likeness (QED) is 0.726. The first kappa shape index (κ1) is 18.5. The standard InChI is InChI=1S/C17H17F3N4O/c1-3-4-8-25-15-14(17(18,19)20)11-22-16(23-15)24(2)13-7-5-6-12(9-13)10-21/h5-7,9,11H,3-4,8H2,1-2H3. The molecule has 0 fully saturated rings. The molecular formula is C17H17F3N4O. The zero-order chi connectivity index (χ0) is 18.4. The molecule has 0 N–H and O–H groups in total. The van der Waals surface area contributed by atoms with E-state index in [1.54, 1.807) is 31.3 Å². The van der Waals surface area contributed by atoms with Gasteiger partial charge in [-0.25, -0.2) is 4.98 Å². The second-order valence-electron chi connectivity index (χ2n) is 5.31. The van der Waals surface area contributed by atoms with Crippen molar-refractivity contribution in [1.29, 1.82) is 5.26 Å². The summed E-state index contributed by atoms with van der Waals surface area (Å²) < 4.78 is 44.5. The third-order valence-electron chi connectivity index (χ3n) is 3.45. The number of ether oxygens (including phenoxy) is 1. The van der Waals surface area contributed by atoms with E-state index >= 15 is 0 Å². The Morgan fingerprint density at radius 1 is 1.32 bits per heavy atom. The average Bonchev–Trinajstić information content (AvgIpc) is 2.60. The van der Waals surface area contributed by atoms with Crippen LogP contribution in [-0.2, 0) is 6.18 Å². The van der Waals surface area contributed by atoms with Crippen LogP contribution in [0.1, 0.15) is 30.9 Å². The van der Waals surface area contributed by atoms with Crippen LogP contribution < -0.4 is 9.64 Å². The van der Waals surface area contributed by atoms with Crippen LogP contribution in [0.3, 0.4) is 0 Å². The fourth-order valence-corrected chi connectivity index (χ4v) is 2.04. The van der Waals surface area contributed by atoms with Crippen LogP contribution in [0.2, 0.25) is 0 Å². The number of unbranched alkanes of at least 4 members (excludes halogenated alkanes) is 1. The maximum absolute atomic E-state index is 13.1. The van der Waals surface area contributed by atoms with Gasteiger partial charge in [0.05, 0.1) is 18.2 Å². The highest BCUT2D eigenvalue weighted by Gasteiger charge is 2.36. The van der Waals surface area contributed by atoms with Crippen LogP contribution in [-0.4, -0.2) is 23.6 Å². The molecule has 0 saturated heterocycles. The van der Waals surface area contributed by atoms with Gasteiger partial charge >= 0.3 is 6.18 Å². The van der Waals surface area contributed by atoms with Crippen LogP contribution in [0.5, 0.6) is 5.88 Å². The summed E-state index contributed by atoms with van der Waals surface area (Å²) >= 11 is 0. The lowest BCUT2D eigenvalue weighted by atomic mass is 10.2. The molecule has 0 unspecified atom stereocenters. The Balaban J connectivity index is 2.37. The summed E-state index contributed by atoms with van der Waals surface area (Å²) in [4.78, 5) is 9.22. The molecule has 2 rings (SSSR count). The van der Waals surface area contributed by atoms with E-state index in [-0.39, 0.29) is 12.6 Å². The number of rotatable bonds is 6. The van der Waals surface area contributed by atoms with Gasteiger partial charge in [0.2, 0.25) is 11.8 Å². The van der Waals surface area contributed by atoms with E-state index in [1.807, 2.05) is 13.0 Å². The van der Waals surface area contributed by atoms with Crippen LogP contribution in [0, 0.1) is 11.3 Å². The lowest BCUT2D eigenvalue weighted by Crippen LogP contribution is -2.17. The Labute approximate surface area is 143 Å². The second-order valence-corrected chi connectivity index (χ2v) is 5.31. The minimum absolute atomic E-state index is 0.0505. The first-order chi connectivity index (χ1) is 11.9. The number of aromatic nitrogens is 2. The fraction of sp³-hybridized carbons (Fsp3) is 0.353. The van der Waals surface area contributed by atoms with Crippen LogP contribution in [0.25, 0.3) is 0 Å². The van der Waals surface area contributed by atoms with Gasteiger partial charge in [-0.15, -0.1) is 0 Å². The summed E-state index contributed by atoms with van der Waals surface area (Å²) in [5.74, 6) is -0.441. The normalized spacial score (nSPS) is 11.0. The third kappa shape index (κ3) is 4.59. The Hall–Kier alpha value is -2.82. The molecule has 0 radical (unpaired) electrons. The maximum atomic E-state index is 13.1. The minimum Gasteiger partial charge on any atom is -0.477 e. The number of hydrogen-bond acceptors (Lipinski definition) is 5. The van der Waals surface area contributed by atoms with Crippen molar-refractivity contribution >= 4 is 11.6 Å². The van der Waals surface area contributed by atoms with Crippen molar-refractivity contribution in [2.75, 3.05) is 18.6 Å². The minimum atomic E-state index is -4.60. The molecule has 0 aliphatic carbocycles. The van der Waals surface area contributed by atoms with Gasteiger partial charge in [-0.1, -0.05) is 19.4 Å². The largest absolute Gasteiger partial charge is 0.477 e. The van der Waals surface area contributed by atoms with Gasteiger partial charge in [-0.2, -0.15) is 23.4 Å². The highest BCUT2D eigenvalue weighted by atomic mass is 19.4. The van der Waals surface area contributed by atoms with Gasteiger partial charge in [-0.3, -0.25) is 0 Å². The van der Waals surface area contributed by atoms with Crippen molar-refractivity contribution in [1.82, 2.24) is 9.97 Å². The molecule has 0 amide bonds. The second kappa shape index (κ2) is 7.83. The van der Waals surface area contributed by atoms with Gasteiger partial charge in [0.25, 0.3) is 0 Å². The lowest BCUT2D eigenvalue weighted by Gasteiger charge is -2.19. The molecule has 0 atom stereocenters. The van der Waals surface area contributed by atoms with Crippen LogP contribution in [0.4, 0.5) is 24.8 Å². The summed E-state index contributed by atoms with van der Waals surface area (Å²) in [6.45, 7) is 2.05. The highest BCUT2D eigenvalue weighted by Crippen LogP contribution is 2.36. The molecule has 5 nitrogen and oxygen atoms in total. The molecule has 0 bridgehead atoms. The van der Waals surface area contributed by atoms with Crippen LogP contribution >= 0.6 is 0 Å². The number of anilines is 2. The van der Waals surface area contributed by atoms with E-state index in [0.29, 0.717) is 23.9 Å². The van der Waals surface area contributed by atoms with Gasteiger partial charge in [0, 0.05) is 18.9 Å². The molecule has 0 spiro atoms. The van der Waals surface area contributed by atoms with Crippen molar-refractivity contribution in [3.8, 4) is 11.9 Å². The molecule has 25 heavy (non-hydrogen) atoms. The van der Waals surface area contributed by atoms with E-state index in [1.165, 1.54) is 4.90 Å². The smallest absolute Gasteiger partial charge is 0.423 e. The Morgan fingerprint density at radius 2 is 2.08 bits per heavy atom. The van der Waals surface area contributed by atoms with E-state index in [0.717, 1.165) is 6.42 Å². The van der Waals surface area contributed by atoms with E-state index in [4.69, 9.17) is 10.00 Å². The summed E-state index contributed by atoms with van der Waals surface area (Å²) in [6.07, 6.45) is -2.47. The summed E-state index contributed by atoms with van der Waals surface area (Å²) in [7, 11) is 1.61. The summed E-state index contributed by atoms with van der Waals surface area (Å²) in [6, 6.07) is 8.61. The molecule has 1 aromatic heterocycles. The summed E-state index contributed by atoms with van der Waals surface area (Å²) in [5, 5.41) is 8.96. The van der Waals surface area contributed by atoms with Crippen molar-refractivity contribution in [3.63, 3.8) is 0 Å². The van der Waals surface area contributed by atoms with E-state index in [9.17, 15) is 13.2 Å². The van der Waals surface area contributed by atoms with Crippen molar-refractivity contribution in [2.45, 2.75) is 25.9 Å². The first-order valence-corrected chi connectivity index (χ1v) is 7.67.